The Morgan fingerprint density at radius 2 is 1.84 bits per heavy atom. The monoisotopic (exact) mass is 272 g/mol. The van der Waals surface area contributed by atoms with Crippen molar-refractivity contribution >= 4 is 11.9 Å². The predicted octanol–water partition coefficient (Wildman–Crippen LogP) is -2.28. The van der Waals surface area contributed by atoms with Gasteiger partial charge in [-0.3, -0.25) is 4.79 Å². The zero-order valence-corrected chi connectivity index (χ0v) is 11.4. The molecule has 1 rings (SSSR count). The summed E-state index contributed by atoms with van der Waals surface area (Å²) in [5.41, 5.74) is 0. The molecular weight excluding hydrogens is 248 g/mol. The van der Waals surface area contributed by atoms with Crippen molar-refractivity contribution in [1.82, 2.24) is 5.32 Å². The van der Waals surface area contributed by atoms with Crippen LogP contribution in [0.25, 0.3) is 0 Å². The van der Waals surface area contributed by atoms with Gasteiger partial charge >= 0.3 is 0 Å². The minimum absolute atomic E-state index is 0.0823. The summed E-state index contributed by atoms with van der Waals surface area (Å²) < 4.78 is 5.26. The van der Waals surface area contributed by atoms with Crippen LogP contribution in [0.4, 0.5) is 0 Å². The van der Waals surface area contributed by atoms with E-state index in [1.54, 1.807) is 0 Å². The van der Waals surface area contributed by atoms with Gasteiger partial charge in [0, 0.05) is 12.5 Å². The number of carbonyl (C=O) groups is 2. The van der Waals surface area contributed by atoms with E-state index in [1.807, 2.05) is 0 Å². The third-order valence-corrected chi connectivity index (χ3v) is 3.29. The molecule has 1 saturated heterocycles. The van der Waals surface area contributed by atoms with Crippen LogP contribution in [0.3, 0.4) is 0 Å². The molecule has 1 amide bonds. The number of carboxylic acids is 1. The van der Waals surface area contributed by atoms with Crippen molar-refractivity contribution in [3.05, 3.63) is 0 Å². The van der Waals surface area contributed by atoms with Crippen molar-refractivity contribution in [2.75, 3.05) is 39.4 Å². The highest BCUT2D eigenvalue weighted by Gasteiger charge is 2.14. The number of quaternary nitrogens is 1. The molecule has 6 nitrogen and oxygen atoms in total. The highest BCUT2D eigenvalue weighted by molar-refractivity contribution is 5.75. The first-order valence-corrected chi connectivity index (χ1v) is 7.06. The van der Waals surface area contributed by atoms with Crippen LogP contribution in [0.1, 0.15) is 32.1 Å². The summed E-state index contributed by atoms with van der Waals surface area (Å²) >= 11 is 0. The number of aliphatic carboxylic acids is 1. The lowest BCUT2D eigenvalue weighted by atomic mass is 10.2. The van der Waals surface area contributed by atoms with Crippen molar-refractivity contribution in [2.45, 2.75) is 32.1 Å². The molecular formula is C13H24N2O4. The fourth-order valence-electron chi connectivity index (χ4n) is 2.09. The van der Waals surface area contributed by atoms with Gasteiger partial charge in [0.2, 0.25) is 5.91 Å². The average Bonchev–Trinajstić information content (AvgIpc) is 2.41. The number of ether oxygens (including phenoxy) is 1. The van der Waals surface area contributed by atoms with Gasteiger partial charge in [0.15, 0.2) is 0 Å². The maximum atomic E-state index is 11.6. The van der Waals surface area contributed by atoms with Crippen molar-refractivity contribution in [2.24, 2.45) is 0 Å². The minimum Gasteiger partial charge on any atom is -0.550 e. The summed E-state index contributed by atoms with van der Waals surface area (Å²) in [5, 5.41) is 13.0. The average molecular weight is 272 g/mol. The first-order valence-electron chi connectivity index (χ1n) is 7.06. The normalized spacial score (nSPS) is 16.2. The van der Waals surface area contributed by atoms with Gasteiger partial charge in [0.25, 0.3) is 0 Å². The van der Waals surface area contributed by atoms with Crippen molar-refractivity contribution in [1.29, 1.82) is 0 Å². The van der Waals surface area contributed by atoms with Crippen molar-refractivity contribution in [3.8, 4) is 0 Å². The van der Waals surface area contributed by atoms with E-state index >= 15 is 0 Å². The Kier molecular flexibility index (Phi) is 8.16. The van der Waals surface area contributed by atoms with Crippen molar-refractivity contribution < 1.29 is 24.3 Å². The fourth-order valence-corrected chi connectivity index (χ4v) is 2.09. The van der Waals surface area contributed by atoms with Gasteiger partial charge in [-0.25, -0.2) is 0 Å². The van der Waals surface area contributed by atoms with Crippen LogP contribution in [-0.4, -0.2) is 51.3 Å². The SMILES string of the molecule is O=C([O-])CCCCCNC(=O)CC[NH+]1CCOCC1. The maximum absolute atomic E-state index is 11.6. The minimum atomic E-state index is -1.00. The number of hydrogen-bond donors (Lipinski definition) is 2. The number of carbonyl (C=O) groups excluding carboxylic acids is 2. The van der Waals surface area contributed by atoms with Gasteiger partial charge in [-0.2, -0.15) is 0 Å². The molecule has 1 aliphatic rings. The topological polar surface area (TPSA) is 82.9 Å². The molecule has 0 radical (unpaired) electrons. The van der Waals surface area contributed by atoms with Crippen molar-refractivity contribution in [3.63, 3.8) is 0 Å². The smallest absolute Gasteiger partial charge is 0.225 e. The van der Waals surface area contributed by atoms with Gasteiger partial charge < -0.3 is 24.9 Å². The number of carboxylic acid groups (broad SMARTS) is 1. The highest BCUT2D eigenvalue weighted by atomic mass is 16.5. The molecule has 0 unspecified atom stereocenters. The Morgan fingerprint density at radius 1 is 1.11 bits per heavy atom. The number of rotatable bonds is 9. The molecule has 0 aromatic carbocycles. The molecule has 0 bridgehead atoms. The van der Waals surface area contributed by atoms with Crippen LogP contribution >= 0.6 is 0 Å². The van der Waals surface area contributed by atoms with Gasteiger partial charge in [-0.1, -0.05) is 6.42 Å². The van der Waals surface area contributed by atoms with Gasteiger partial charge in [-0.15, -0.1) is 0 Å². The summed E-state index contributed by atoms with van der Waals surface area (Å²) in [4.78, 5) is 23.2. The van der Waals surface area contributed by atoms with Gasteiger partial charge in [-0.05, 0) is 19.3 Å². The van der Waals surface area contributed by atoms with E-state index in [2.05, 4.69) is 5.32 Å². The second kappa shape index (κ2) is 9.75. The van der Waals surface area contributed by atoms with E-state index in [0.29, 0.717) is 19.4 Å². The van der Waals surface area contributed by atoms with Crippen LogP contribution < -0.4 is 15.3 Å². The van der Waals surface area contributed by atoms with Crippen LogP contribution in [0.15, 0.2) is 0 Å². The quantitative estimate of drug-likeness (QED) is 0.463. The Morgan fingerprint density at radius 3 is 2.53 bits per heavy atom. The molecule has 6 heteroatoms. The lowest BCUT2D eigenvalue weighted by Gasteiger charge is -2.23. The predicted molar refractivity (Wildman–Crippen MR) is 67.5 cm³/mol. The largest absolute Gasteiger partial charge is 0.550 e. The molecule has 2 N–H and O–H groups in total. The van der Waals surface area contributed by atoms with Gasteiger partial charge in [0.05, 0.1) is 26.2 Å². The fraction of sp³-hybridized carbons (Fsp3) is 0.846. The molecule has 0 atom stereocenters. The number of morpholine rings is 1. The van der Waals surface area contributed by atoms with Crippen LogP contribution in [0.5, 0.6) is 0 Å². The van der Waals surface area contributed by atoms with E-state index in [1.165, 1.54) is 4.90 Å². The van der Waals surface area contributed by atoms with Crippen LogP contribution in [0.2, 0.25) is 0 Å². The number of amides is 1. The molecule has 0 aliphatic carbocycles. The van der Waals surface area contributed by atoms with E-state index < -0.39 is 5.97 Å². The second-order valence-electron chi connectivity index (χ2n) is 4.89. The van der Waals surface area contributed by atoms with Crippen LogP contribution in [-0.2, 0) is 14.3 Å². The van der Waals surface area contributed by atoms with E-state index in [4.69, 9.17) is 4.74 Å². The molecule has 1 heterocycles. The lowest BCUT2D eigenvalue weighted by molar-refractivity contribution is -0.907. The zero-order valence-electron chi connectivity index (χ0n) is 11.4. The summed E-state index contributed by atoms with van der Waals surface area (Å²) in [5.74, 6) is -0.920. The standard InChI is InChI=1S/C13H24N2O4/c16-12(5-7-15-8-10-19-11-9-15)14-6-3-1-2-4-13(17)18/h1-11H2,(H,14,16)(H,17,18). The molecule has 1 fully saturated rings. The summed E-state index contributed by atoms with van der Waals surface area (Å²) in [6.45, 7) is 5.03. The van der Waals surface area contributed by atoms with E-state index in [0.717, 1.165) is 45.7 Å². The Bertz CT molecular complexity index is 278. The molecule has 0 aromatic rings. The first kappa shape index (κ1) is 15.9. The maximum Gasteiger partial charge on any atom is 0.225 e. The second-order valence-corrected chi connectivity index (χ2v) is 4.89. The Balaban J connectivity index is 1.91. The number of nitrogens with one attached hydrogen (secondary N) is 2. The van der Waals surface area contributed by atoms with Crippen LogP contribution in [0, 0.1) is 0 Å². The Hall–Kier alpha value is -1.14. The molecule has 1 aliphatic heterocycles. The summed E-state index contributed by atoms with van der Waals surface area (Å²) in [6.07, 6.45) is 2.91. The number of hydrogen-bond acceptors (Lipinski definition) is 4. The zero-order chi connectivity index (χ0) is 13.9. The Labute approximate surface area is 114 Å². The van der Waals surface area contributed by atoms with Gasteiger partial charge in [0.1, 0.15) is 13.1 Å². The summed E-state index contributed by atoms with van der Waals surface area (Å²) in [7, 11) is 0. The number of unbranched alkanes of at least 4 members (excludes halogenated alkanes) is 2. The lowest BCUT2D eigenvalue weighted by Crippen LogP contribution is -3.14. The molecule has 19 heavy (non-hydrogen) atoms. The summed E-state index contributed by atoms with van der Waals surface area (Å²) in [6, 6.07) is 0. The molecule has 0 spiro atoms. The third-order valence-electron chi connectivity index (χ3n) is 3.29. The molecule has 0 saturated carbocycles. The third kappa shape index (κ3) is 8.56. The highest BCUT2D eigenvalue weighted by Crippen LogP contribution is 1.97. The molecule has 110 valence electrons. The first-order chi connectivity index (χ1) is 9.18. The van der Waals surface area contributed by atoms with E-state index in [9.17, 15) is 14.7 Å². The van der Waals surface area contributed by atoms with E-state index in [-0.39, 0.29) is 12.3 Å². The molecule has 0 aromatic heterocycles.